The zero-order valence-corrected chi connectivity index (χ0v) is 25.8. The summed E-state index contributed by atoms with van der Waals surface area (Å²) in [5, 5.41) is 19.8. The van der Waals surface area contributed by atoms with Crippen LogP contribution in [0.4, 0.5) is 0 Å². The lowest BCUT2D eigenvalue weighted by atomic mass is 9.95. The van der Waals surface area contributed by atoms with Crippen LogP contribution in [0.3, 0.4) is 0 Å². The number of aliphatic hydroxyl groups is 1. The molecular weight excluding hydrogens is 532 g/mol. The molecule has 2 unspecified atom stereocenters. The van der Waals surface area contributed by atoms with Crippen LogP contribution in [0.15, 0.2) is 0 Å². The van der Waals surface area contributed by atoms with Crippen molar-refractivity contribution in [2.45, 2.75) is 142 Å². The predicted octanol–water partition coefficient (Wildman–Crippen LogP) is 5.90. The van der Waals surface area contributed by atoms with Crippen LogP contribution >= 0.6 is 0 Å². The SMILES string of the molecule is CCCCC(CC)COC(=O)CC(O)(CC(=O)OCC(CC)CCCC)C(=O)OC(=O)CCCCCCCC(=O)O. The molecule has 0 aliphatic carbocycles. The topological polar surface area (TPSA) is 154 Å². The second-order valence-electron chi connectivity index (χ2n) is 11.0. The fourth-order valence-electron chi connectivity index (χ4n) is 4.33. The Morgan fingerprint density at radius 3 is 1.49 bits per heavy atom. The van der Waals surface area contributed by atoms with E-state index in [2.05, 4.69) is 13.8 Å². The lowest BCUT2D eigenvalue weighted by Gasteiger charge is -2.25. The Bertz CT molecular complexity index is 745. The van der Waals surface area contributed by atoms with Gasteiger partial charge in [-0.25, -0.2) is 4.79 Å². The Kier molecular flexibility index (Phi) is 21.7. The Morgan fingerprint density at radius 1 is 0.634 bits per heavy atom. The van der Waals surface area contributed by atoms with Gasteiger partial charge in [0.2, 0.25) is 0 Å². The number of unbranched alkanes of at least 4 members (excludes halogenated alkanes) is 6. The number of ether oxygens (including phenoxy) is 3. The summed E-state index contributed by atoms with van der Waals surface area (Å²) in [7, 11) is 0. The summed E-state index contributed by atoms with van der Waals surface area (Å²) in [6.07, 6.45) is 8.70. The molecule has 0 aliphatic heterocycles. The average Bonchev–Trinajstić information content (AvgIpc) is 2.92. The van der Waals surface area contributed by atoms with E-state index in [1.165, 1.54) is 0 Å². The molecule has 0 aromatic heterocycles. The summed E-state index contributed by atoms with van der Waals surface area (Å²) < 4.78 is 15.5. The normalized spacial score (nSPS) is 14.0. The van der Waals surface area contributed by atoms with Crippen molar-refractivity contribution in [2.75, 3.05) is 13.2 Å². The average molecular weight is 587 g/mol. The van der Waals surface area contributed by atoms with Crippen molar-refractivity contribution in [1.29, 1.82) is 0 Å². The highest BCUT2D eigenvalue weighted by Gasteiger charge is 2.44. The van der Waals surface area contributed by atoms with Gasteiger partial charge in [-0.05, 0) is 37.5 Å². The van der Waals surface area contributed by atoms with Gasteiger partial charge in [-0.2, -0.15) is 0 Å². The van der Waals surface area contributed by atoms with E-state index >= 15 is 0 Å². The number of esters is 4. The van der Waals surface area contributed by atoms with Crippen molar-refractivity contribution >= 4 is 29.8 Å². The molecule has 41 heavy (non-hydrogen) atoms. The third kappa shape index (κ3) is 19.3. The monoisotopic (exact) mass is 586 g/mol. The molecule has 0 radical (unpaired) electrons. The maximum absolute atomic E-state index is 12.9. The highest BCUT2D eigenvalue weighted by atomic mass is 16.6. The maximum atomic E-state index is 12.9. The molecule has 0 bridgehead atoms. The van der Waals surface area contributed by atoms with Crippen LogP contribution in [0.1, 0.15) is 137 Å². The van der Waals surface area contributed by atoms with Gasteiger partial charge in [-0.1, -0.05) is 85.5 Å². The summed E-state index contributed by atoms with van der Waals surface area (Å²) in [5.41, 5.74) is -2.60. The third-order valence-electron chi connectivity index (χ3n) is 7.28. The van der Waals surface area contributed by atoms with Crippen LogP contribution in [0.2, 0.25) is 0 Å². The molecule has 238 valence electrons. The molecular formula is C31H54O10. The first-order chi connectivity index (χ1) is 19.5. The molecule has 0 rings (SSSR count). The van der Waals surface area contributed by atoms with Gasteiger partial charge in [-0.3, -0.25) is 19.2 Å². The molecule has 0 aromatic carbocycles. The van der Waals surface area contributed by atoms with Crippen molar-refractivity contribution in [3.05, 3.63) is 0 Å². The Balaban J connectivity index is 5.16. The van der Waals surface area contributed by atoms with Gasteiger partial charge in [0.05, 0.1) is 26.1 Å². The van der Waals surface area contributed by atoms with E-state index in [0.29, 0.717) is 25.7 Å². The van der Waals surface area contributed by atoms with Crippen molar-refractivity contribution in [3.63, 3.8) is 0 Å². The molecule has 0 fully saturated rings. The lowest BCUT2D eigenvalue weighted by Crippen LogP contribution is -2.45. The number of carboxylic acid groups (broad SMARTS) is 1. The minimum Gasteiger partial charge on any atom is -0.481 e. The first kappa shape index (κ1) is 38.5. The summed E-state index contributed by atoms with van der Waals surface area (Å²) in [5.74, 6) is -4.56. The number of rotatable bonds is 25. The van der Waals surface area contributed by atoms with E-state index < -0.39 is 48.3 Å². The van der Waals surface area contributed by atoms with Crippen molar-refractivity contribution in [3.8, 4) is 0 Å². The number of carbonyl (C=O) groups is 5. The van der Waals surface area contributed by atoms with E-state index in [1.54, 1.807) is 0 Å². The second-order valence-corrected chi connectivity index (χ2v) is 11.0. The minimum absolute atomic E-state index is 0.0929. The van der Waals surface area contributed by atoms with E-state index in [4.69, 9.17) is 19.3 Å². The van der Waals surface area contributed by atoms with Gasteiger partial charge in [0, 0.05) is 12.8 Å². The van der Waals surface area contributed by atoms with Crippen LogP contribution in [-0.4, -0.2) is 58.9 Å². The number of hydrogen-bond acceptors (Lipinski definition) is 9. The molecule has 0 aromatic rings. The van der Waals surface area contributed by atoms with Gasteiger partial charge >= 0.3 is 29.8 Å². The molecule has 0 heterocycles. The summed E-state index contributed by atoms with van der Waals surface area (Å²) in [6, 6.07) is 0. The lowest BCUT2D eigenvalue weighted by molar-refractivity contribution is -0.183. The van der Waals surface area contributed by atoms with Gasteiger partial charge in [0.1, 0.15) is 0 Å². The highest BCUT2D eigenvalue weighted by Crippen LogP contribution is 2.23. The molecule has 0 spiro atoms. The fourth-order valence-corrected chi connectivity index (χ4v) is 4.33. The molecule has 0 saturated carbocycles. The van der Waals surface area contributed by atoms with Crippen LogP contribution in [0, 0.1) is 11.8 Å². The van der Waals surface area contributed by atoms with Crippen LogP contribution in [0.5, 0.6) is 0 Å². The summed E-state index contributed by atoms with van der Waals surface area (Å²) in [4.78, 5) is 61.0. The van der Waals surface area contributed by atoms with E-state index in [-0.39, 0.29) is 37.9 Å². The Morgan fingerprint density at radius 2 is 1.07 bits per heavy atom. The molecule has 2 N–H and O–H groups in total. The zero-order chi connectivity index (χ0) is 31.1. The number of carboxylic acids is 1. The number of aliphatic carboxylic acids is 1. The summed E-state index contributed by atoms with van der Waals surface area (Å²) >= 11 is 0. The summed E-state index contributed by atoms with van der Waals surface area (Å²) in [6.45, 7) is 8.38. The smallest absolute Gasteiger partial charge is 0.346 e. The Labute approximate surface area is 245 Å². The highest BCUT2D eigenvalue weighted by molar-refractivity contribution is 5.95. The van der Waals surface area contributed by atoms with Gasteiger partial charge in [-0.15, -0.1) is 0 Å². The second kappa shape index (κ2) is 23.1. The third-order valence-corrected chi connectivity index (χ3v) is 7.28. The predicted molar refractivity (Wildman–Crippen MR) is 154 cm³/mol. The van der Waals surface area contributed by atoms with Gasteiger partial charge < -0.3 is 24.4 Å². The van der Waals surface area contributed by atoms with E-state index in [1.807, 2.05) is 13.8 Å². The molecule has 0 saturated heterocycles. The molecule has 0 amide bonds. The van der Waals surface area contributed by atoms with E-state index in [9.17, 15) is 29.1 Å². The first-order valence-electron chi connectivity index (χ1n) is 15.5. The fraction of sp³-hybridized carbons (Fsp3) is 0.839. The largest absolute Gasteiger partial charge is 0.481 e. The van der Waals surface area contributed by atoms with Gasteiger partial charge in [0.25, 0.3) is 0 Å². The quantitative estimate of drug-likeness (QED) is 0.0572. The van der Waals surface area contributed by atoms with Crippen molar-refractivity contribution in [2.24, 2.45) is 11.8 Å². The number of hydrogen-bond donors (Lipinski definition) is 2. The molecule has 0 aliphatic rings. The standard InChI is InChI=1S/C31H54O10/c1-5-9-16-24(7-3)22-39-28(35)20-31(38,21-29(36)40-23-25(8-4)17-10-6-2)30(37)41-27(34)19-15-13-11-12-14-18-26(32)33/h24-25,38H,5-23H2,1-4H3,(H,32,33). The van der Waals surface area contributed by atoms with Crippen molar-refractivity contribution < 1.29 is 48.4 Å². The molecule has 10 nitrogen and oxygen atoms in total. The maximum Gasteiger partial charge on any atom is 0.346 e. The molecule has 10 heteroatoms. The Hall–Kier alpha value is -2.49. The van der Waals surface area contributed by atoms with E-state index in [0.717, 1.165) is 57.8 Å². The zero-order valence-electron chi connectivity index (χ0n) is 25.8. The number of carbonyl (C=O) groups excluding carboxylic acids is 4. The van der Waals surface area contributed by atoms with Crippen LogP contribution < -0.4 is 0 Å². The minimum atomic E-state index is -2.60. The molecule has 2 atom stereocenters. The van der Waals surface area contributed by atoms with Crippen LogP contribution in [-0.2, 0) is 38.2 Å². The van der Waals surface area contributed by atoms with Crippen molar-refractivity contribution in [1.82, 2.24) is 0 Å². The first-order valence-corrected chi connectivity index (χ1v) is 15.5. The van der Waals surface area contributed by atoms with Gasteiger partial charge in [0.15, 0.2) is 5.60 Å². The van der Waals surface area contributed by atoms with Crippen LogP contribution in [0.25, 0.3) is 0 Å².